The second kappa shape index (κ2) is 12.9. The minimum atomic E-state index is 0.100. The molecule has 0 bridgehead atoms. The molecule has 0 radical (unpaired) electrons. The van der Waals surface area contributed by atoms with E-state index in [1.807, 2.05) is 0 Å². The molecule has 50 heavy (non-hydrogen) atoms. The smallest absolute Gasteiger partial charge is 0.156 e. The van der Waals surface area contributed by atoms with Crippen LogP contribution >= 0.6 is 0 Å². The van der Waals surface area contributed by atoms with Gasteiger partial charge in [-0.1, -0.05) is 132 Å². The maximum Gasteiger partial charge on any atom is 0.156 e. The van der Waals surface area contributed by atoms with Crippen molar-refractivity contribution >= 4 is 22.7 Å². The number of hydrogen-bond donors (Lipinski definition) is 0. The van der Waals surface area contributed by atoms with Gasteiger partial charge in [-0.05, 0) is 92.4 Å². The predicted molar refractivity (Wildman–Crippen MR) is 217 cm³/mol. The van der Waals surface area contributed by atoms with Crippen LogP contribution in [0.3, 0.4) is 0 Å². The average Bonchev–Trinajstić information content (AvgIpc) is 3.68. The van der Waals surface area contributed by atoms with Gasteiger partial charge in [-0.2, -0.15) is 0 Å². The van der Waals surface area contributed by atoms with Crippen LogP contribution in [-0.4, -0.2) is 26.2 Å². The van der Waals surface area contributed by atoms with Crippen LogP contribution in [0.2, 0.25) is 0 Å². The Bertz CT molecular complexity index is 1530. The largest absolute Gasteiger partial charge is 0.323 e. The van der Waals surface area contributed by atoms with Gasteiger partial charge in [0.1, 0.15) is 0 Å². The summed E-state index contributed by atoms with van der Waals surface area (Å²) in [6.07, 6.45) is 0. The standard InChI is InChI=1S/C46H60N4/c1-43(2,3)33-13-21-37(22-14-33)47-29-30-48(38-23-15-34(16-24-38)44(4,5)6)41(47)42-49(39-25-17-35(18-26-39)45(7,8)9)31-32-50(42)40-27-19-36(20-28-40)46(10,11)12/h13-28H,29-32H2,1-12H3. The first-order valence-electron chi connectivity index (χ1n) is 18.6. The fourth-order valence-corrected chi connectivity index (χ4v) is 7.17. The number of hydrogen-bond acceptors (Lipinski definition) is 4. The van der Waals surface area contributed by atoms with Crippen LogP contribution in [0, 0.1) is 0 Å². The molecule has 4 heteroatoms. The highest BCUT2D eigenvalue weighted by atomic mass is 15.5. The Labute approximate surface area is 303 Å². The molecule has 4 nitrogen and oxygen atoms in total. The van der Waals surface area contributed by atoms with E-state index in [0.717, 1.165) is 26.2 Å². The van der Waals surface area contributed by atoms with E-state index >= 15 is 0 Å². The Morgan fingerprint density at radius 2 is 0.440 bits per heavy atom. The molecular weight excluding hydrogens is 609 g/mol. The average molecular weight is 669 g/mol. The van der Waals surface area contributed by atoms with E-state index in [-0.39, 0.29) is 21.7 Å². The molecule has 0 amide bonds. The second-order valence-corrected chi connectivity index (χ2v) is 18.4. The summed E-state index contributed by atoms with van der Waals surface area (Å²) in [6, 6.07) is 37.2. The van der Waals surface area contributed by atoms with Crippen molar-refractivity contribution in [3.05, 3.63) is 131 Å². The third-order valence-corrected chi connectivity index (χ3v) is 10.5. The molecule has 0 spiro atoms. The quantitative estimate of drug-likeness (QED) is 0.215. The van der Waals surface area contributed by atoms with Gasteiger partial charge in [0.15, 0.2) is 11.6 Å². The lowest BCUT2D eigenvalue weighted by atomic mass is 9.87. The van der Waals surface area contributed by atoms with Crippen molar-refractivity contribution in [1.82, 2.24) is 0 Å². The Morgan fingerprint density at radius 1 is 0.280 bits per heavy atom. The van der Waals surface area contributed by atoms with Crippen molar-refractivity contribution in [2.24, 2.45) is 0 Å². The molecule has 2 fully saturated rings. The highest BCUT2D eigenvalue weighted by Crippen LogP contribution is 2.41. The zero-order chi connectivity index (χ0) is 36.2. The molecule has 0 saturated carbocycles. The molecular formula is C46H60N4. The van der Waals surface area contributed by atoms with Gasteiger partial charge in [-0.15, -0.1) is 0 Å². The van der Waals surface area contributed by atoms with Crippen LogP contribution in [-0.2, 0) is 21.7 Å². The van der Waals surface area contributed by atoms with Gasteiger partial charge < -0.3 is 19.6 Å². The van der Waals surface area contributed by atoms with Crippen LogP contribution in [0.5, 0.6) is 0 Å². The molecule has 6 rings (SSSR count). The Hall–Kier alpha value is -4.18. The van der Waals surface area contributed by atoms with Crippen molar-refractivity contribution in [2.75, 3.05) is 45.8 Å². The minimum absolute atomic E-state index is 0.100. The van der Waals surface area contributed by atoms with Crippen molar-refractivity contribution in [2.45, 2.75) is 105 Å². The fourth-order valence-electron chi connectivity index (χ4n) is 7.17. The van der Waals surface area contributed by atoms with Gasteiger partial charge in [0.05, 0.1) is 0 Å². The molecule has 0 atom stereocenters. The van der Waals surface area contributed by atoms with Gasteiger partial charge in [0.25, 0.3) is 0 Å². The first-order chi connectivity index (χ1) is 23.3. The highest BCUT2D eigenvalue weighted by Gasteiger charge is 2.39. The van der Waals surface area contributed by atoms with Gasteiger partial charge in [0.2, 0.25) is 0 Å². The number of benzene rings is 4. The molecule has 264 valence electrons. The zero-order valence-electron chi connectivity index (χ0n) is 32.9. The lowest BCUT2D eigenvalue weighted by Crippen LogP contribution is -2.34. The van der Waals surface area contributed by atoms with E-state index in [1.54, 1.807) is 0 Å². The van der Waals surface area contributed by atoms with E-state index in [2.05, 4.69) is 200 Å². The van der Waals surface area contributed by atoms with Crippen molar-refractivity contribution in [3.63, 3.8) is 0 Å². The normalized spacial score (nSPS) is 16.2. The maximum atomic E-state index is 2.55. The first-order valence-corrected chi connectivity index (χ1v) is 18.6. The summed E-state index contributed by atoms with van der Waals surface area (Å²) in [7, 11) is 0. The van der Waals surface area contributed by atoms with E-state index in [1.165, 1.54) is 56.6 Å². The molecule has 0 aromatic heterocycles. The van der Waals surface area contributed by atoms with Crippen LogP contribution in [0.15, 0.2) is 109 Å². The Morgan fingerprint density at radius 3 is 0.580 bits per heavy atom. The van der Waals surface area contributed by atoms with Gasteiger partial charge in [0, 0.05) is 48.9 Å². The first kappa shape index (κ1) is 35.6. The van der Waals surface area contributed by atoms with Crippen LogP contribution < -0.4 is 19.6 Å². The molecule has 2 saturated heterocycles. The number of nitrogens with zero attached hydrogens (tertiary/aromatic N) is 4. The summed E-state index contributed by atoms with van der Waals surface area (Å²) in [5, 5.41) is 0. The summed E-state index contributed by atoms with van der Waals surface area (Å²) in [5.74, 6) is 2.46. The van der Waals surface area contributed by atoms with E-state index in [9.17, 15) is 0 Å². The molecule has 0 N–H and O–H groups in total. The topological polar surface area (TPSA) is 13.0 Å². The highest BCUT2D eigenvalue weighted by molar-refractivity contribution is 5.74. The van der Waals surface area contributed by atoms with Crippen LogP contribution in [0.4, 0.5) is 22.7 Å². The van der Waals surface area contributed by atoms with E-state index < -0.39 is 0 Å². The van der Waals surface area contributed by atoms with E-state index in [0.29, 0.717) is 0 Å². The molecule has 4 aromatic rings. The molecule has 2 heterocycles. The van der Waals surface area contributed by atoms with Crippen molar-refractivity contribution in [1.29, 1.82) is 0 Å². The van der Waals surface area contributed by atoms with Crippen LogP contribution in [0.1, 0.15) is 105 Å². The summed E-state index contributed by atoms with van der Waals surface area (Å²) in [4.78, 5) is 10.2. The van der Waals surface area contributed by atoms with Gasteiger partial charge >= 0.3 is 0 Å². The van der Waals surface area contributed by atoms with Crippen LogP contribution in [0.25, 0.3) is 0 Å². The van der Waals surface area contributed by atoms with E-state index in [4.69, 9.17) is 0 Å². The van der Waals surface area contributed by atoms with Crippen molar-refractivity contribution < 1.29 is 0 Å². The van der Waals surface area contributed by atoms with Gasteiger partial charge in [-0.3, -0.25) is 0 Å². The second-order valence-electron chi connectivity index (χ2n) is 18.4. The minimum Gasteiger partial charge on any atom is -0.323 e. The predicted octanol–water partition coefficient (Wildman–Crippen LogP) is 11.4. The third kappa shape index (κ3) is 7.18. The number of anilines is 4. The summed E-state index contributed by atoms with van der Waals surface area (Å²) in [5.41, 5.74) is 10.7. The Balaban J connectivity index is 1.56. The fraction of sp³-hybridized carbons (Fsp3) is 0.435. The molecule has 2 aliphatic heterocycles. The molecule has 0 unspecified atom stereocenters. The summed E-state index contributed by atoms with van der Waals surface area (Å²) >= 11 is 0. The van der Waals surface area contributed by atoms with Gasteiger partial charge in [-0.25, -0.2) is 0 Å². The summed E-state index contributed by atoms with van der Waals surface area (Å²) < 4.78 is 0. The molecule has 4 aromatic carbocycles. The number of rotatable bonds is 4. The Kier molecular flexibility index (Phi) is 9.16. The zero-order valence-corrected chi connectivity index (χ0v) is 32.9. The van der Waals surface area contributed by atoms with Crippen molar-refractivity contribution in [3.8, 4) is 0 Å². The monoisotopic (exact) mass is 668 g/mol. The lowest BCUT2D eigenvalue weighted by Gasteiger charge is -2.34. The molecule has 0 aliphatic carbocycles. The lowest BCUT2D eigenvalue weighted by molar-refractivity contribution is 0.590. The molecule has 2 aliphatic rings. The maximum absolute atomic E-state index is 2.55. The SMILES string of the molecule is CC(C)(C)c1ccc(N2CCN(c3ccc(C(C)(C)C)cc3)C2=C2N(c3ccc(C(C)(C)C)cc3)CCN2c2ccc(C(C)(C)C)cc2)cc1. The third-order valence-electron chi connectivity index (χ3n) is 10.5. The summed E-state index contributed by atoms with van der Waals surface area (Å²) in [6.45, 7) is 31.1.